The summed E-state index contributed by atoms with van der Waals surface area (Å²) in [5.74, 6) is 2.31. The number of aliphatic imine (C=N–C) groups is 1. The van der Waals surface area contributed by atoms with Crippen LogP contribution < -0.4 is 5.48 Å². The van der Waals surface area contributed by atoms with E-state index in [-0.39, 0.29) is 6.04 Å². The van der Waals surface area contributed by atoms with Crippen molar-refractivity contribution in [3.63, 3.8) is 0 Å². The number of nitrogens with zero attached hydrogens (tertiary/aromatic N) is 2. The van der Waals surface area contributed by atoms with Crippen molar-refractivity contribution in [1.82, 2.24) is 10.4 Å². The predicted molar refractivity (Wildman–Crippen MR) is 77.8 cm³/mol. The molecule has 2 N–H and O–H groups in total. The Balaban J connectivity index is 2.16. The monoisotopic (exact) mass is 279 g/mol. The molecule has 4 nitrogen and oxygen atoms in total. The third-order valence-electron chi connectivity index (χ3n) is 3.20. The molecule has 0 aliphatic carbocycles. The van der Waals surface area contributed by atoms with Gasteiger partial charge in [0.2, 0.25) is 0 Å². The van der Waals surface area contributed by atoms with Crippen molar-refractivity contribution >= 4 is 40.5 Å². The van der Waals surface area contributed by atoms with Gasteiger partial charge in [0.05, 0.1) is 17.6 Å². The third kappa shape index (κ3) is 1.81. The molecule has 1 fully saturated rings. The molecular formula is C12H13N3OS2. The highest BCUT2D eigenvalue weighted by Gasteiger charge is 2.34. The van der Waals surface area contributed by atoms with Crippen LogP contribution in [0.15, 0.2) is 23.2 Å². The van der Waals surface area contributed by atoms with E-state index in [1.54, 1.807) is 11.8 Å². The van der Waals surface area contributed by atoms with Gasteiger partial charge in [0, 0.05) is 11.3 Å². The van der Waals surface area contributed by atoms with Crippen molar-refractivity contribution in [3.05, 3.63) is 29.3 Å². The van der Waals surface area contributed by atoms with Gasteiger partial charge in [0.15, 0.2) is 0 Å². The molecule has 2 aliphatic heterocycles. The number of hydrogen-bond donors (Lipinski definition) is 2. The van der Waals surface area contributed by atoms with Gasteiger partial charge in [-0.2, -0.15) is 0 Å². The summed E-state index contributed by atoms with van der Waals surface area (Å²) >= 11 is 7.37. The minimum atomic E-state index is 0.0419. The molecule has 0 unspecified atom stereocenters. The Morgan fingerprint density at radius 3 is 3.17 bits per heavy atom. The molecule has 3 rings (SSSR count). The molecule has 0 aromatic heterocycles. The van der Waals surface area contributed by atoms with Crippen LogP contribution in [0.1, 0.15) is 11.1 Å². The minimum absolute atomic E-state index is 0.0419. The van der Waals surface area contributed by atoms with Crippen LogP contribution in [-0.4, -0.2) is 38.6 Å². The van der Waals surface area contributed by atoms with E-state index >= 15 is 0 Å². The predicted octanol–water partition coefficient (Wildman–Crippen LogP) is 2.07. The summed E-state index contributed by atoms with van der Waals surface area (Å²) in [4.78, 5) is 7.44. The molecule has 0 amide bonds. The van der Waals surface area contributed by atoms with Gasteiger partial charge < -0.3 is 4.90 Å². The van der Waals surface area contributed by atoms with Gasteiger partial charge in [-0.3, -0.25) is 10.7 Å². The molecule has 0 saturated carbocycles. The second-order valence-corrected chi connectivity index (χ2v) is 5.81. The van der Waals surface area contributed by atoms with E-state index < -0.39 is 0 Å². The van der Waals surface area contributed by atoms with Crippen LogP contribution in [0.3, 0.4) is 0 Å². The molecule has 18 heavy (non-hydrogen) atoms. The molecule has 1 aromatic rings. The number of hydroxylamine groups is 1. The minimum Gasteiger partial charge on any atom is -0.342 e. The third-order valence-corrected chi connectivity index (χ3v) is 4.66. The maximum atomic E-state index is 9.27. The number of thioether (sulfide) groups is 1. The zero-order chi connectivity index (χ0) is 12.7. The van der Waals surface area contributed by atoms with Gasteiger partial charge in [-0.1, -0.05) is 23.8 Å². The smallest absolute Gasteiger partial charge is 0.149 e. The van der Waals surface area contributed by atoms with Crippen LogP contribution >= 0.6 is 24.0 Å². The fraction of sp³-hybridized carbons (Fsp3) is 0.333. The number of benzene rings is 1. The average molecular weight is 279 g/mol. The van der Waals surface area contributed by atoms with E-state index in [0.29, 0.717) is 5.84 Å². The molecule has 1 saturated heterocycles. The highest BCUT2D eigenvalue weighted by atomic mass is 32.2. The Morgan fingerprint density at radius 1 is 1.56 bits per heavy atom. The van der Waals surface area contributed by atoms with Crippen molar-refractivity contribution in [2.45, 2.75) is 13.0 Å². The van der Waals surface area contributed by atoms with Crippen molar-refractivity contribution in [1.29, 1.82) is 0 Å². The van der Waals surface area contributed by atoms with E-state index in [1.807, 2.05) is 19.1 Å². The lowest BCUT2D eigenvalue weighted by atomic mass is 10.1. The van der Waals surface area contributed by atoms with Gasteiger partial charge in [0.1, 0.15) is 10.8 Å². The second-order valence-electron chi connectivity index (χ2n) is 4.42. The summed E-state index contributed by atoms with van der Waals surface area (Å²) in [6.45, 7) is 2.04. The van der Waals surface area contributed by atoms with E-state index in [2.05, 4.69) is 21.4 Å². The number of fused-ring (bicyclic) bond motifs is 2. The van der Waals surface area contributed by atoms with Gasteiger partial charge in [0.25, 0.3) is 0 Å². The maximum Gasteiger partial charge on any atom is 0.149 e. The quantitative estimate of drug-likeness (QED) is 0.562. The molecule has 2 aliphatic rings. The molecule has 6 heteroatoms. The van der Waals surface area contributed by atoms with Crippen molar-refractivity contribution in [2.75, 3.05) is 11.6 Å². The lowest BCUT2D eigenvalue weighted by molar-refractivity contribution is 0.226. The molecule has 1 atom stereocenters. The molecule has 2 heterocycles. The highest BCUT2D eigenvalue weighted by molar-refractivity contribution is 7.99. The number of thiocarbonyl (C=S) groups is 1. The summed E-state index contributed by atoms with van der Waals surface area (Å²) < 4.78 is 0. The van der Waals surface area contributed by atoms with Crippen molar-refractivity contribution in [2.24, 2.45) is 4.99 Å². The van der Waals surface area contributed by atoms with E-state index in [4.69, 9.17) is 12.2 Å². The van der Waals surface area contributed by atoms with E-state index in [0.717, 1.165) is 33.4 Å². The molecule has 1 aromatic carbocycles. The first-order valence-corrected chi connectivity index (χ1v) is 7.25. The van der Waals surface area contributed by atoms with Crippen LogP contribution in [0.4, 0.5) is 5.69 Å². The lowest BCUT2D eigenvalue weighted by Gasteiger charge is -2.24. The maximum absolute atomic E-state index is 9.27. The number of rotatable bonds is 0. The molecule has 94 valence electrons. The largest absolute Gasteiger partial charge is 0.342 e. The van der Waals surface area contributed by atoms with Crippen molar-refractivity contribution in [3.8, 4) is 0 Å². The number of hydrogen-bond acceptors (Lipinski definition) is 5. The van der Waals surface area contributed by atoms with Crippen LogP contribution in [0, 0.1) is 6.92 Å². The Morgan fingerprint density at radius 2 is 2.39 bits per heavy atom. The number of amidine groups is 1. The number of nitrogens with one attached hydrogen (secondary N) is 1. The summed E-state index contributed by atoms with van der Waals surface area (Å²) in [5.41, 5.74) is 5.18. The SMILES string of the molecule is Cc1ccc2c(c1)C(=S)N1CSC[C@H]1C(NO)=N2. The van der Waals surface area contributed by atoms with E-state index in [1.165, 1.54) is 0 Å². The molecule has 0 bridgehead atoms. The van der Waals surface area contributed by atoms with E-state index in [9.17, 15) is 5.21 Å². The Hall–Kier alpha value is -1.11. The Bertz CT molecular complexity index is 544. The highest BCUT2D eigenvalue weighted by Crippen LogP contribution is 2.32. The summed E-state index contributed by atoms with van der Waals surface area (Å²) in [5, 5.41) is 9.27. The zero-order valence-electron chi connectivity index (χ0n) is 9.88. The molecule has 0 radical (unpaired) electrons. The second kappa shape index (κ2) is 4.53. The average Bonchev–Trinajstić information content (AvgIpc) is 2.81. The first-order chi connectivity index (χ1) is 8.70. The van der Waals surface area contributed by atoms with Crippen LogP contribution in [-0.2, 0) is 0 Å². The Labute approximate surface area is 115 Å². The first-order valence-electron chi connectivity index (χ1n) is 5.69. The standard InChI is InChI=1S/C12H13N3OS2/c1-7-2-3-9-8(4-7)12(17)15-6-18-5-10(15)11(13-9)14-16/h2-4,10,16H,5-6H2,1H3,(H,13,14)/t10-/m0/s1. The fourth-order valence-electron chi connectivity index (χ4n) is 2.25. The summed E-state index contributed by atoms with van der Waals surface area (Å²) in [6, 6.07) is 6.05. The first kappa shape index (κ1) is 12.0. The Kier molecular flexibility index (Phi) is 3.01. The molecule has 0 spiro atoms. The van der Waals surface area contributed by atoms with Crippen LogP contribution in [0.5, 0.6) is 0 Å². The normalized spacial score (nSPS) is 22.1. The topological polar surface area (TPSA) is 47.9 Å². The summed E-state index contributed by atoms with van der Waals surface area (Å²) in [6.07, 6.45) is 0. The van der Waals surface area contributed by atoms with Crippen molar-refractivity contribution < 1.29 is 5.21 Å². The zero-order valence-corrected chi connectivity index (χ0v) is 11.5. The van der Waals surface area contributed by atoms with Gasteiger partial charge >= 0.3 is 0 Å². The van der Waals surface area contributed by atoms with Gasteiger partial charge in [-0.05, 0) is 19.1 Å². The van der Waals surface area contributed by atoms with Crippen LogP contribution in [0.25, 0.3) is 0 Å². The van der Waals surface area contributed by atoms with Gasteiger partial charge in [-0.15, -0.1) is 11.8 Å². The molecular weight excluding hydrogens is 266 g/mol. The lowest BCUT2D eigenvalue weighted by Crippen LogP contribution is -2.45. The summed E-state index contributed by atoms with van der Waals surface area (Å²) in [7, 11) is 0. The fourth-order valence-corrected chi connectivity index (χ4v) is 3.86. The van der Waals surface area contributed by atoms with Gasteiger partial charge in [-0.25, -0.2) is 4.99 Å². The number of aryl methyl sites for hydroxylation is 1. The van der Waals surface area contributed by atoms with Crippen LogP contribution in [0.2, 0.25) is 0 Å².